The fourth-order valence-corrected chi connectivity index (χ4v) is 1.66. The number of nitrogens with one attached hydrogen (secondary N) is 3. The van der Waals surface area contributed by atoms with Crippen LogP contribution in [0.3, 0.4) is 0 Å². The van der Waals surface area contributed by atoms with Crippen LogP contribution in [-0.2, 0) is 11.3 Å². The number of urea groups is 1. The van der Waals surface area contributed by atoms with Crippen molar-refractivity contribution in [1.29, 1.82) is 0 Å². The SMILES string of the molecule is CNCc1cccc(NC(=O)NC(C(=O)O)C(C)O)c1. The van der Waals surface area contributed by atoms with E-state index in [9.17, 15) is 14.7 Å². The van der Waals surface area contributed by atoms with Gasteiger partial charge >= 0.3 is 12.0 Å². The predicted octanol–water partition coefficient (Wildman–Crippen LogP) is 0.361. The van der Waals surface area contributed by atoms with Crippen LogP contribution in [0.1, 0.15) is 12.5 Å². The van der Waals surface area contributed by atoms with Gasteiger partial charge in [0.25, 0.3) is 0 Å². The van der Waals surface area contributed by atoms with Gasteiger partial charge in [-0.15, -0.1) is 0 Å². The Labute approximate surface area is 117 Å². The summed E-state index contributed by atoms with van der Waals surface area (Å²) in [5.41, 5.74) is 1.53. The van der Waals surface area contributed by atoms with Gasteiger partial charge in [0.1, 0.15) is 0 Å². The minimum Gasteiger partial charge on any atom is -0.480 e. The third-order valence-corrected chi connectivity index (χ3v) is 2.60. The molecule has 1 aromatic carbocycles. The van der Waals surface area contributed by atoms with Gasteiger partial charge in [-0.25, -0.2) is 9.59 Å². The second-order valence-corrected chi connectivity index (χ2v) is 4.39. The molecule has 20 heavy (non-hydrogen) atoms. The Balaban J connectivity index is 2.66. The van der Waals surface area contributed by atoms with Crippen molar-refractivity contribution in [2.75, 3.05) is 12.4 Å². The number of aliphatic carboxylic acids is 1. The Morgan fingerprint density at radius 2 is 2.05 bits per heavy atom. The first-order valence-corrected chi connectivity index (χ1v) is 6.16. The number of rotatable bonds is 6. The van der Waals surface area contributed by atoms with E-state index in [4.69, 9.17) is 5.11 Å². The average Bonchev–Trinajstić information content (AvgIpc) is 2.36. The molecule has 0 aliphatic rings. The number of hydrogen-bond acceptors (Lipinski definition) is 4. The molecule has 0 fully saturated rings. The highest BCUT2D eigenvalue weighted by Crippen LogP contribution is 2.10. The quantitative estimate of drug-likeness (QED) is 0.517. The minimum atomic E-state index is -1.35. The van der Waals surface area contributed by atoms with E-state index in [1.165, 1.54) is 6.92 Å². The topological polar surface area (TPSA) is 111 Å². The summed E-state index contributed by atoms with van der Waals surface area (Å²) in [6.07, 6.45) is -1.19. The molecule has 0 aromatic heterocycles. The summed E-state index contributed by atoms with van der Waals surface area (Å²) in [6, 6.07) is 5.11. The lowest BCUT2D eigenvalue weighted by Gasteiger charge is -2.17. The van der Waals surface area contributed by atoms with Gasteiger partial charge in [-0.1, -0.05) is 12.1 Å². The summed E-state index contributed by atoms with van der Waals surface area (Å²) in [4.78, 5) is 22.5. The van der Waals surface area contributed by atoms with E-state index >= 15 is 0 Å². The second kappa shape index (κ2) is 7.46. The van der Waals surface area contributed by atoms with Crippen molar-refractivity contribution in [3.05, 3.63) is 29.8 Å². The zero-order chi connectivity index (χ0) is 15.1. The van der Waals surface area contributed by atoms with E-state index in [1.54, 1.807) is 18.2 Å². The van der Waals surface area contributed by atoms with Crippen LogP contribution in [0.25, 0.3) is 0 Å². The number of amides is 2. The average molecular weight is 281 g/mol. The Bertz CT molecular complexity index is 476. The Hall–Kier alpha value is -2.12. The summed E-state index contributed by atoms with van der Waals surface area (Å²) >= 11 is 0. The number of carbonyl (C=O) groups is 2. The van der Waals surface area contributed by atoms with Crippen molar-refractivity contribution in [3.8, 4) is 0 Å². The normalized spacial score (nSPS) is 13.3. The molecule has 0 bridgehead atoms. The third kappa shape index (κ3) is 4.87. The number of aliphatic hydroxyl groups is 1. The lowest BCUT2D eigenvalue weighted by Crippen LogP contribution is -2.49. The van der Waals surface area contributed by atoms with Gasteiger partial charge in [0.05, 0.1) is 6.10 Å². The molecule has 0 aliphatic carbocycles. The first-order valence-electron chi connectivity index (χ1n) is 6.16. The van der Waals surface area contributed by atoms with Crippen molar-refractivity contribution >= 4 is 17.7 Å². The maximum atomic E-state index is 11.7. The van der Waals surface area contributed by atoms with Crippen molar-refractivity contribution < 1.29 is 19.8 Å². The molecule has 2 amide bonds. The number of carbonyl (C=O) groups excluding carboxylic acids is 1. The monoisotopic (exact) mass is 281 g/mol. The van der Waals surface area contributed by atoms with E-state index in [0.29, 0.717) is 12.2 Å². The third-order valence-electron chi connectivity index (χ3n) is 2.60. The molecule has 7 heteroatoms. The molecule has 5 N–H and O–H groups in total. The molecule has 0 heterocycles. The number of benzene rings is 1. The second-order valence-electron chi connectivity index (χ2n) is 4.39. The zero-order valence-corrected chi connectivity index (χ0v) is 11.4. The molecule has 1 rings (SSSR count). The molecule has 2 unspecified atom stereocenters. The number of carboxylic acids is 1. The van der Waals surface area contributed by atoms with Crippen LogP contribution in [0.15, 0.2) is 24.3 Å². The van der Waals surface area contributed by atoms with Crippen LogP contribution >= 0.6 is 0 Å². The van der Waals surface area contributed by atoms with Gasteiger partial charge in [-0.05, 0) is 31.7 Å². The molecule has 0 aliphatic heterocycles. The van der Waals surface area contributed by atoms with Crippen molar-refractivity contribution in [2.24, 2.45) is 0 Å². The lowest BCUT2D eigenvalue weighted by atomic mass is 10.2. The van der Waals surface area contributed by atoms with E-state index < -0.39 is 24.1 Å². The minimum absolute atomic E-state index is 0.546. The summed E-state index contributed by atoms with van der Waals surface area (Å²) in [7, 11) is 1.81. The number of hydrogen-bond donors (Lipinski definition) is 5. The van der Waals surface area contributed by atoms with Crippen LogP contribution < -0.4 is 16.0 Å². The molecule has 0 saturated heterocycles. The van der Waals surface area contributed by atoms with Gasteiger partial charge < -0.3 is 26.2 Å². The summed E-state index contributed by atoms with van der Waals surface area (Å²) in [5, 5.41) is 25.9. The molecular weight excluding hydrogens is 262 g/mol. The standard InChI is InChI=1S/C13H19N3O4/c1-8(17)11(12(18)19)16-13(20)15-10-5-3-4-9(6-10)7-14-2/h3-6,8,11,14,17H,7H2,1-2H3,(H,18,19)(H2,15,16,20). The first-order chi connectivity index (χ1) is 9.43. The fraction of sp³-hybridized carbons (Fsp3) is 0.385. The largest absolute Gasteiger partial charge is 0.480 e. The van der Waals surface area contributed by atoms with Gasteiger partial charge in [-0.3, -0.25) is 0 Å². The molecule has 2 atom stereocenters. The number of carboxylic acid groups (broad SMARTS) is 1. The van der Waals surface area contributed by atoms with E-state index in [-0.39, 0.29) is 0 Å². The number of anilines is 1. The predicted molar refractivity (Wildman–Crippen MR) is 74.5 cm³/mol. The number of aliphatic hydroxyl groups excluding tert-OH is 1. The maximum Gasteiger partial charge on any atom is 0.328 e. The lowest BCUT2D eigenvalue weighted by molar-refractivity contribution is -0.141. The van der Waals surface area contributed by atoms with Crippen LogP contribution in [0.2, 0.25) is 0 Å². The maximum absolute atomic E-state index is 11.7. The van der Waals surface area contributed by atoms with E-state index in [0.717, 1.165) is 5.56 Å². The van der Waals surface area contributed by atoms with Crippen LogP contribution in [0.4, 0.5) is 10.5 Å². The molecule has 0 spiro atoms. The van der Waals surface area contributed by atoms with E-state index in [1.807, 2.05) is 13.1 Å². The highest BCUT2D eigenvalue weighted by atomic mass is 16.4. The summed E-state index contributed by atoms with van der Waals surface area (Å²) in [5.74, 6) is -1.29. The Kier molecular flexibility index (Phi) is 5.95. The van der Waals surface area contributed by atoms with Gasteiger partial charge in [0.15, 0.2) is 6.04 Å². The molecule has 0 radical (unpaired) electrons. The summed E-state index contributed by atoms with van der Waals surface area (Å²) < 4.78 is 0. The molecule has 1 aromatic rings. The van der Waals surface area contributed by atoms with Crippen molar-refractivity contribution in [2.45, 2.75) is 25.6 Å². The van der Waals surface area contributed by atoms with Crippen molar-refractivity contribution in [3.63, 3.8) is 0 Å². The summed E-state index contributed by atoms with van der Waals surface area (Å²) in [6.45, 7) is 1.95. The van der Waals surface area contributed by atoms with Gasteiger partial charge in [0.2, 0.25) is 0 Å². The highest BCUT2D eigenvalue weighted by molar-refractivity contribution is 5.92. The smallest absolute Gasteiger partial charge is 0.328 e. The Morgan fingerprint density at radius 3 is 2.60 bits per heavy atom. The van der Waals surface area contributed by atoms with Gasteiger partial charge in [-0.2, -0.15) is 0 Å². The fourth-order valence-electron chi connectivity index (χ4n) is 1.66. The molecule has 7 nitrogen and oxygen atoms in total. The van der Waals surface area contributed by atoms with Crippen LogP contribution in [0, 0.1) is 0 Å². The molecular formula is C13H19N3O4. The van der Waals surface area contributed by atoms with E-state index in [2.05, 4.69) is 16.0 Å². The zero-order valence-electron chi connectivity index (χ0n) is 11.4. The first kappa shape index (κ1) is 15.9. The van der Waals surface area contributed by atoms with Crippen LogP contribution in [0.5, 0.6) is 0 Å². The van der Waals surface area contributed by atoms with Crippen molar-refractivity contribution in [1.82, 2.24) is 10.6 Å². The molecule has 0 saturated carbocycles. The Morgan fingerprint density at radius 1 is 1.35 bits per heavy atom. The highest BCUT2D eigenvalue weighted by Gasteiger charge is 2.24. The van der Waals surface area contributed by atoms with Gasteiger partial charge in [0, 0.05) is 12.2 Å². The molecule has 110 valence electrons. The van der Waals surface area contributed by atoms with Crippen LogP contribution in [-0.4, -0.2) is 41.4 Å².